The van der Waals surface area contributed by atoms with E-state index < -0.39 is 0 Å². The number of hydrogen-bond donors (Lipinski definition) is 2. The molecule has 0 saturated heterocycles. The molecule has 0 aliphatic rings. The highest BCUT2D eigenvalue weighted by molar-refractivity contribution is 7.10. The number of nitrogens with one attached hydrogen (secondary N) is 1. The molecule has 0 aromatic carbocycles. The molecule has 0 amide bonds. The van der Waals surface area contributed by atoms with Crippen LogP contribution < -0.4 is 11.1 Å². The molecule has 78 valence electrons. The highest BCUT2D eigenvalue weighted by Crippen LogP contribution is 2.21. The third-order valence-corrected chi connectivity index (χ3v) is 2.77. The summed E-state index contributed by atoms with van der Waals surface area (Å²) >= 11 is 1.70. The zero-order valence-corrected chi connectivity index (χ0v) is 9.64. The minimum Gasteiger partial charge on any atom is -0.370 e. The minimum atomic E-state index is 0.140. The van der Waals surface area contributed by atoms with Crippen LogP contribution in [0.2, 0.25) is 0 Å². The second kappa shape index (κ2) is 5.00. The molecule has 1 atom stereocenters. The summed E-state index contributed by atoms with van der Waals surface area (Å²) in [5.41, 5.74) is 5.73. The molecular formula is C10H17N3S. The Labute approximate surface area is 89.0 Å². The number of nitrogens with two attached hydrogens (primary N) is 1. The van der Waals surface area contributed by atoms with Gasteiger partial charge in [0.15, 0.2) is 5.96 Å². The summed E-state index contributed by atoms with van der Waals surface area (Å²) in [6.45, 7) is 6.12. The standard InChI is InChI=1S/C10H17N3S/c1-7(2)12-10(11)13-8(3)9-5-4-6-14-9/h4-8H,1-3H3,(H3,11,12,13)/t8-/m0/s1. The molecule has 0 bridgehead atoms. The first-order chi connectivity index (χ1) is 6.59. The molecule has 1 heterocycles. The largest absolute Gasteiger partial charge is 0.370 e. The first kappa shape index (κ1) is 11.0. The lowest BCUT2D eigenvalue weighted by Crippen LogP contribution is -2.36. The first-order valence-corrected chi connectivity index (χ1v) is 5.60. The maximum absolute atomic E-state index is 5.73. The van der Waals surface area contributed by atoms with Gasteiger partial charge in [0.05, 0.1) is 6.04 Å². The van der Waals surface area contributed by atoms with Crippen LogP contribution in [0.15, 0.2) is 22.5 Å². The fourth-order valence-corrected chi connectivity index (χ4v) is 1.86. The second-order valence-corrected chi connectivity index (χ2v) is 4.48. The lowest BCUT2D eigenvalue weighted by atomic mass is 10.3. The Kier molecular flexibility index (Phi) is 3.95. The molecule has 0 aliphatic heterocycles. The Morgan fingerprint density at radius 2 is 2.21 bits per heavy atom. The zero-order valence-electron chi connectivity index (χ0n) is 8.82. The van der Waals surface area contributed by atoms with Gasteiger partial charge < -0.3 is 11.1 Å². The molecule has 0 radical (unpaired) electrons. The molecule has 0 aliphatic carbocycles. The summed E-state index contributed by atoms with van der Waals surface area (Å²) in [4.78, 5) is 5.59. The average Bonchev–Trinajstić information content (AvgIpc) is 2.53. The highest BCUT2D eigenvalue weighted by atomic mass is 32.1. The van der Waals surface area contributed by atoms with Gasteiger partial charge in [-0.15, -0.1) is 11.3 Å². The quantitative estimate of drug-likeness (QED) is 0.594. The van der Waals surface area contributed by atoms with Crippen LogP contribution in [0.25, 0.3) is 0 Å². The van der Waals surface area contributed by atoms with Crippen molar-refractivity contribution in [3.8, 4) is 0 Å². The van der Waals surface area contributed by atoms with E-state index in [4.69, 9.17) is 5.73 Å². The smallest absolute Gasteiger partial charge is 0.189 e. The van der Waals surface area contributed by atoms with Crippen molar-refractivity contribution in [2.24, 2.45) is 10.7 Å². The molecule has 1 aromatic rings. The van der Waals surface area contributed by atoms with E-state index in [0.717, 1.165) is 0 Å². The maximum Gasteiger partial charge on any atom is 0.189 e. The van der Waals surface area contributed by atoms with E-state index >= 15 is 0 Å². The second-order valence-electron chi connectivity index (χ2n) is 3.50. The molecule has 4 heteroatoms. The predicted molar refractivity (Wildman–Crippen MR) is 62.6 cm³/mol. The van der Waals surface area contributed by atoms with Gasteiger partial charge >= 0.3 is 0 Å². The van der Waals surface area contributed by atoms with Crippen molar-refractivity contribution in [1.82, 2.24) is 5.32 Å². The maximum atomic E-state index is 5.73. The van der Waals surface area contributed by atoms with Gasteiger partial charge in [-0.1, -0.05) is 6.07 Å². The lowest BCUT2D eigenvalue weighted by molar-refractivity contribution is 0.713. The Hall–Kier alpha value is -1.03. The molecule has 14 heavy (non-hydrogen) atoms. The van der Waals surface area contributed by atoms with Crippen LogP contribution in [0.5, 0.6) is 0 Å². The molecule has 3 N–H and O–H groups in total. The molecule has 3 nitrogen and oxygen atoms in total. The third kappa shape index (κ3) is 3.38. The molecule has 0 unspecified atom stereocenters. The van der Waals surface area contributed by atoms with Crippen molar-refractivity contribution < 1.29 is 0 Å². The number of guanidine groups is 1. The van der Waals surface area contributed by atoms with Gasteiger partial charge in [0, 0.05) is 10.9 Å². The van der Waals surface area contributed by atoms with Crippen LogP contribution >= 0.6 is 11.3 Å². The van der Waals surface area contributed by atoms with Gasteiger partial charge in [0.25, 0.3) is 0 Å². The van der Waals surface area contributed by atoms with Crippen LogP contribution in [-0.4, -0.2) is 12.0 Å². The van der Waals surface area contributed by atoms with E-state index in [1.54, 1.807) is 11.3 Å². The third-order valence-electron chi connectivity index (χ3n) is 1.72. The Morgan fingerprint density at radius 1 is 1.50 bits per heavy atom. The Bertz CT molecular complexity index is 290. The number of rotatable bonds is 3. The van der Waals surface area contributed by atoms with E-state index in [2.05, 4.69) is 16.4 Å². The van der Waals surface area contributed by atoms with Gasteiger partial charge in [-0.05, 0) is 32.2 Å². The van der Waals surface area contributed by atoms with Crippen molar-refractivity contribution in [2.75, 3.05) is 0 Å². The van der Waals surface area contributed by atoms with E-state index in [1.165, 1.54) is 4.88 Å². The van der Waals surface area contributed by atoms with Crippen LogP contribution in [0.1, 0.15) is 31.7 Å². The molecular weight excluding hydrogens is 194 g/mol. The van der Waals surface area contributed by atoms with Gasteiger partial charge in [-0.25, -0.2) is 4.99 Å². The van der Waals surface area contributed by atoms with E-state index in [1.807, 2.05) is 32.2 Å². The SMILES string of the molecule is CC(C)NC(N)=N[C@@H](C)c1cccs1. The topological polar surface area (TPSA) is 50.4 Å². The first-order valence-electron chi connectivity index (χ1n) is 4.73. The number of hydrogen-bond acceptors (Lipinski definition) is 2. The van der Waals surface area contributed by atoms with Crippen LogP contribution in [-0.2, 0) is 0 Å². The Morgan fingerprint density at radius 3 is 2.71 bits per heavy atom. The van der Waals surface area contributed by atoms with Crippen LogP contribution in [0.4, 0.5) is 0 Å². The van der Waals surface area contributed by atoms with Crippen molar-refractivity contribution in [2.45, 2.75) is 32.9 Å². The van der Waals surface area contributed by atoms with Crippen LogP contribution in [0.3, 0.4) is 0 Å². The lowest BCUT2D eigenvalue weighted by Gasteiger charge is -2.10. The number of thiophene rings is 1. The summed E-state index contributed by atoms with van der Waals surface area (Å²) < 4.78 is 0. The number of nitrogens with zero attached hydrogens (tertiary/aromatic N) is 1. The van der Waals surface area contributed by atoms with Crippen molar-refractivity contribution >= 4 is 17.3 Å². The van der Waals surface area contributed by atoms with Crippen molar-refractivity contribution in [1.29, 1.82) is 0 Å². The van der Waals surface area contributed by atoms with E-state index in [0.29, 0.717) is 12.0 Å². The van der Waals surface area contributed by atoms with Crippen molar-refractivity contribution in [3.05, 3.63) is 22.4 Å². The number of aliphatic imine (C=N–C) groups is 1. The summed E-state index contributed by atoms with van der Waals surface area (Å²) in [5.74, 6) is 0.515. The summed E-state index contributed by atoms with van der Waals surface area (Å²) in [6.07, 6.45) is 0. The summed E-state index contributed by atoms with van der Waals surface area (Å²) in [5, 5.41) is 5.12. The van der Waals surface area contributed by atoms with Gasteiger partial charge in [0.1, 0.15) is 0 Å². The fourth-order valence-electron chi connectivity index (χ4n) is 1.13. The highest BCUT2D eigenvalue weighted by Gasteiger charge is 2.05. The monoisotopic (exact) mass is 211 g/mol. The molecule has 1 aromatic heterocycles. The molecule has 0 spiro atoms. The summed E-state index contributed by atoms with van der Waals surface area (Å²) in [6, 6.07) is 4.56. The van der Waals surface area contributed by atoms with Gasteiger partial charge in [-0.2, -0.15) is 0 Å². The zero-order chi connectivity index (χ0) is 10.6. The fraction of sp³-hybridized carbons (Fsp3) is 0.500. The molecule has 1 rings (SSSR count). The van der Waals surface area contributed by atoms with Crippen LogP contribution in [0, 0.1) is 0 Å². The van der Waals surface area contributed by atoms with Gasteiger partial charge in [-0.3, -0.25) is 0 Å². The molecule has 0 fully saturated rings. The van der Waals surface area contributed by atoms with Crippen molar-refractivity contribution in [3.63, 3.8) is 0 Å². The molecule has 0 saturated carbocycles. The average molecular weight is 211 g/mol. The Balaban J connectivity index is 2.58. The van der Waals surface area contributed by atoms with E-state index in [-0.39, 0.29) is 6.04 Å². The predicted octanol–water partition coefficient (Wildman–Crippen LogP) is 2.12. The van der Waals surface area contributed by atoms with E-state index in [9.17, 15) is 0 Å². The van der Waals surface area contributed by atoms with Gasteiger partial charge in [0.2, 0.25) is 0 Å². The summed E-state index contributed by atoms with van der Waals surface area (Å²) in [7, 11) is 0. The minimum absolute atomic E-state index is 0.140. The normalized spacial score (nSPS) is 14.4.